The number of rotatable bonds is 9. The predicted molar refractivity (Wildman–Crippen MR) is 148 cm³/mol. The number of hydrogen-bond donors (Lipinski definition) is 2. The first-order chi connectivity index (χ1) is 18.3. The van der Waals surface area contributed by atoms with E-state index in [1.165, 1.54) is 19.1 Å². The molecule has 0 radical (unpaired) electrons. The summed E-state index contributed by atoms with van der Waals surface area (Å²) in [6.45, 7) is 6.75. The van der Waals surface area contributed by atoms with Gasteiger partial charge in [0, 0.05) is 32.1 Å². The number of esters is 2. The minimum absolute atomic E-state index is 0.00655. The van der Waals surface area contributed by atoms with Crippen LogP contribution in [0.25, 0.3) is 0 Å². The van der Waals surface area contributed by atoms with Gasteiger partial charge in [-0.25, -0.2) is 4.83 Å². The monoisotopic (exact) mass is 559 g/mol. The van der Waals surface area contributed by atoms with Gasteiger partial charge in [-0.1, -0.05) is 29.8 Å². The van der Waals surface area contributed by atoms with E-state index in [9.17, 15) is 23.1 Å². The molecule has 0 unspecified atom stereocenters. The van der Waals surface area contributed by atoms with E-state index in [1.54, 1.807) is 38.1 Å². The van der Waals surface area contributed by atoms with Crippen molar-refractivity contribution in [3.8, 4) is 0 Å². The molecule has 39 heavy (non-hydrogen) atoms. The molecule has 0 aromatic heterocycles. The Kier molecular flexibility index (Phi) is 9.39. The summed E-state index contributed by atoms with van der Waals surface area (Å²) in [5.74, 6) is -4.60. The van der Waals surface area contributed by atoms with E-state index >= 15 is 0 Å². The van der Waals surface area contributed by atoms with Crippen LogP contribution in [0, 0.1) is 18.8 Å². The third-order valence-electron chi connectivity index (χ3n) is 6.80. The van der Waals surface area contributed by atoms with E-state index in [-0.39, 0.29) is 30.2 Å². The van der Waals surface area contributed by atoms with E-state index in [4.69, 9.17) is 9.47 Å². The van der Waals surface area contributed by atoms with Gasteiger partial charge >= 0.3 is 11.9 Å². The number of benzene rings is 2. The Morgan fingerprint density at radius 3 is 2.13 bits per heavy atom. The molecule has 10 nitrogen and oxygen atoms in total. The molecule has 0 amide bonds. The number of aryl methyl sites for hydroxylation is 1. The number of nitrogens with zero attached hydrogens (tertiary/aromatic N) is 2. The second-order valence-electron chi connectivity index (χ2n) is 10.0. The van der Waals surface area contributed by atoms with Gasteiger partial charge in [0.25, 0.3) is 10.0 Å². The molecule has 0 aliphatic heterocycles. The molecule has 0 saturated heterocycles. The molecule has 1 fully saturated rings. The van der Waals surface area contributed by atoms with Crippen molar-refractivity contribution < 1.29 is 32.6 Å². The van der Waals surface area contributed by atoms with Crippen molar-refractivity contribution in [1.82, 2.24) is 4.83 Å². The van der Waals surface area contributed by atoms with E-state index in [0.29, 0.717) is 5.56 Å². The zero-order valence-electron chi connectivity index (χ0n) is 23.2. The minimum Gasteiger partial charge on any atom is -0.466 e. The van der Waals surface area contributed by atoms with Gasteiger partial charge < -0.3 is 19.5 Å². The molecule has 11 heteroatoms. The molecule has 0 bridgehead atoms. The molecule has 1 saturated carbocycles. The zero-order valence-corrected chi connectivity index (χ0v) is 24.0. The number of carbonyl (C=O) groups is 2. The summed E-state index contributed by atoms with van der Waals surface area (Å²) in [6.07, 6.45) is -0.261. The van der Waals surface area contributed by atoms with Gasteiger partial charge in [-0.2, -0.15) is 13.5 Å². The van der Waals surface area contributed by atoms with Crippen molar-refractivity contribution in [3.05, 3.63) is 59.7 Å². The number of hydrogen-bond acceptors (Lipinski definition) is 9. The van der Waals surface area contributed by atoms with Crippen LogP contribution in [-0.4, -0.2) is 64.1 Å². The molecule has 2 N–H and O–H groups in total. The Hall–Kier alpha value is -3.44. The maximum absolute atomic E-state index is 13.4. The average Bonchev–Trinajstić information content (AvgIpc) is 2.87. The normalized spacial score (nSPS) is 24.2. The van der Waals surface area contributed by atoms with Crippen LogP contribution >= 0.6 is 0 Å². The maximum Gasteiger partial charge on any atom is 0.315 e. The van der Waals surface area contributed by atoms with Crippen molar-refractivity contribution in [2.24, 2.45) is 16.9 Å². The van der Waals surface area contributed by atoms with Gasteiger partial charge in [-0.15, -0.1) is 0 Å². The Bertz CT molecular complexity index is 1300. The van der Waals surface area contributed by atoms with Crippen molar-refractivity contribution in [2.45, 2.75) is 50.5 Å². The Morgan fingerprint density at radius 1 is 1.03 bits per heavy atom. The topological polar surface area (TPSA) is 135 Å². The summed E-state index contributed by atoms with van der Waals surface area (Å²) in [6, 6.07) is 13.4. The summed E-state index contributed by atoms with van der Waals surface area (Å²) in [7, 11) is -0.313. The van der Waals surface area contributed by atoms with E-state index in [2.05, 4.69) is 9.93 Å². The largest absolute Gasteiger partial charge is 0.466 e. The summed E-state index contributed by atoms with van der Waals surface area (Å²) in [5, 5.41) is 15.7. The lowest BCUT2D eigenvalue weighted by Gasteiger charge is -2.45. The lowest BCUT2D eigenvalue weighted by Crippen LogP contribution is -2.55. The lowest BCUT2D eigenvalue weighted by molar-refractivity contribution is -0.163. The Morgan fingerprint density at radius 2 is 1.59 bits per heavy atom. The van der Waals surface area contributed by atoms with Gasteiger partial charge in [-0.05, 0) is 57.5 Å². The van der Waals surface area contributed by atoms with Crippen molar-refractivity contribution in [3.63, 3.8) is 0 Å². The third-order valence-corrected chi connectivity index (χ3v) is 8.03. The molecule has 1 aliphatic rings. The van der Waals surface area contributed by atoms with Crippen LogP contribution in [0.5, 0.6) is 0 Å². The molecule has 3 rings (SSSR count). The highest BCUT2D eigenvalue weighted by molar-refractivity contribution is 7.89. The number of ether oxygens (including phenoxy) is 2. The second-order valence-corrected chi connectivity index (χ2v) is 11.7. The lowest BCUT2D eigenvalue weighted by atomic mass is 9.61. The third kappa shape index (κ3) is 6.77. The number of sulfonamides is 1. The second kappa shape index (κ2) is 12.2. The minimum atomic E-state index is -4.08. The van der Waals surface area contributed by atoms with Gasteiger partial charge in [0.1, 0.15) is 5.92 Å². The summed E-state index contributed by atoms with van der Waals surface area (Å²) in [5.41, 5.74) is 0.691. The van der Waals surface area contributed by atoms with Crippen LogP contribution in [0.3, 0.4) is 0 Å². The number of nitrogens with one attached hydrogen (secondary N) is 1. The first-order valence-electron chi connectivity index (χ1n) is 12.8. The highest BCUT2D eigenvalue weighted by Gasteiger charge is 2.56. The SMILES string of the molecule is CCOC(=O)[C@H]1/C(=N\NS(=O)(=O)c2ccc(C)cc2)C[C@](C)(O)[C@@H](C(=O)OCC)[C@@H]1c1ccc(N(C)C)cc1. The molecule has 0 heterocycles. The van der Waals surface area contributed by atoms with E-state index < -0.39 is 45.3 Å². The fourth-order valence-electron chi connectivity index (χ4n) is 4.90. The predicted octanol–water partition coefficient (Wildman–Crippen LogP) is 2.99. The number of hydrazone groups is 1. The van der Waals surface area contributed by atoms with E-state index in [1.807, 2.05) is 38.1 Å². The molecule has 1 aliphatic carbocycles. The number of anilines is 1. The zero-order chi connectivity index (χ0) is 29.0. The van der Waals surface area contributed by atoms with Gasteiger partial charge in [0.05, 0.1) is 35.3 Å². The first kappa shape index (κ1) is 30.1. The van der Waals surface area contributed by atoms with Crippen LogP contribution in [-0.2, 0) is 29.1 Å². The summed E-state index contributed by atoms with van der Waals surface area (Å²) in [4.78, 5) is 30.8. The van der Waals surface area contributed by atoms with Crippen molar-refractivity contribution >= 4 is 33.4 Å². The highest BCUT2D eigenvalue weighted by Crippen LogP contribution is 2.47. The molecule has 212 valence electrons. The summed E-state index contributed by atoms with van der Waals surface area (Å²) < 4.78 is 36.7. The molecular weight excluding hydrogens is 522 g/mol. The van der Waals surface area contributed by atoms with Crippen LogP contribution in [0.2, 0.25) is 0 Å². The number of aliphatic hydroxyl groups is 1. The molecule has 2 aromatic rings. The van der Waals surface area contributed by atoms with Crippen LogP contribution < -0.4 is 9.73 Å². The summed E-state index contributed by atoms with van der Waals surface area (Å²) >= 11 is 0. The van der Waals surface area contributed by atoms with Crippen LogP contribution in [0.4, 0.5) is 5.69 Å². The van der Waals surface area contributed by atoms with Gasteiger partial charge in [-0.3, -0.25) is 9.59 Å². The number of carbonyl (C=O) groups excluding carboxylic acids is 2. The van der Waals surface area contributed by atoms with E-state index in [0.717, 1.165) is 11.3 Å². The van der Waals surface area contributed by atoms with Crippen molar-refractivity contribution in [2.75, 3.05) is 32.2 Å². The molecule has 0 spiro atoms. The Balaban J connectivity index is 2.16. The fraction of sp³-hybridized carbons (Fsp3) is 0.464. The van der Waals surface area contributed by atoms with Crippen molar-refractivity contribution in [1.29, 1.82) is 0 Å². The molecule has 4 atom stereocenters. The van der Waals surface area contributed by atoms with Crippen LogP contribution in [0.15, 0.2) is 58.5 Å². The maximum atomic E-state index is 13.4. The fourth-order valence-corrected chi connectivity index (χ4v) is 5.74. The average molecular weight is 560 g/mol. The molecule has 2 aromatic carbocycles. The smallest absolute Gasteiger partial charge is 0.315 e. The quantitative estimate of drug-likeness (QED) is 0.354. The first-order valence-corrected chi connectivity index (χ1v) is 14.3. The molecular formula is C28H37N3O7S. The highest BCUT2D eigenvalue weighted by atomic mass is 32.2. The Labute approximate surface area is 230 Å². The van der Waals surface area contributed by atoms with Crippen LogP contribution in [0.1, 0.15) is 44.2 Å². The van der Waals surface area contributed by atoms with Gasteiger partial charge in [0.2, 0.25) is 0 Å². The standard InChI is InChI=1S/C28H37N3O7S/c1-7-37-26(32)24-22(29-30-39(35,36)21-15-9-18(3)10-16-21)17-28(4,34)25(27(33)38-8-2)23(24)19-11-13-20(14-12-19)31(5)6/h9-16,23-25,30,34H,7-8,17H2,1-6H3/b29-22-/t23-,24+,25-,28+/m1/s1. The van der Waals surface area contributed by atoms with Gasteiger partial charge in [0.15, 0.2) is 0 Å².